The first kappa shape index (κ1) is 16.4. The molecule has 1 atom stereocenters. The van der Waals surface area contributed by atoms with E-state index in [0.717, 1.165) is 24.9 Å². The van der Waals surface area contributed by atoms with Gasteiger partial charge in [0.2, 0.25) is 15.9 Å². The summed E-state index contributed by atoms with van der Waals surface area (Å²) >= 11 is 0. The number of sulfonamides is 1. The number of carbonyl (C=O) groups is 1. The summed E-state index contributed by atoms with van der Waals surface area (Å²) in [4.78, 5) is 13.8. The molecule has 126 valence electrons. The van der Waals surface area contributed by atoms with Crippen molar-refractivity contribution < 1.29 is 17.9 Å². The molecule has 7 heteroatoms. The first-order valence-corrected chi connectivity index (χ1v) is 9.48. The number of amides is 1. The lowest BCUT2D eigenvalue weighted by Gasteiger charge is -2.18. The number of nitrogens with zero attached hydrogens (tertiary/aromatic N) is 1. The van der Waals surface area contributed by atoms with Gasteiger partial charge < -0.3 is 9.64 Å². The van der Waals surface area contributed by atoms with Gasteiger partial charge in [0, 0.05) is 31.8 Å². The second-order valence-electron chi connectivity index (χ2n) is 6.09. The molecule has 6 nitrogen and oxygen atoms in total. The quantitative estimate of drug-likeness (QED) is 0.884. The number of rotatable bonds is 5. The molecule has 2 saturated heterocycles. The third kappa shape index (κ3) is 3.57. The van der Waals surface area contributed by atoms with Gasteiger partial charge in [0.05, 0.1) is 11.0 Å². The number of ether oxygens (including phenoxy) is 1. The Hall–Kier alpha value is -1.44. The molecule has 1 amide bonds. The lowest BCUT2D eigenvalue weighted by atomic mass is 10.2. The molecule has 23 heavy (non-hydrogen) atoms. The van der Waals surface area contributed by atoms with Crippen LogP contribution in [0.5, 0.6) is 0 Å². The number of carbonyl (C=O) groups excluding carboxylic acids is 1. The van der Waals surface area contributed by atoms with E-state index in [1.165, 1.54) is 0 Å². The maximum absolute atomic E-state index is 12.5. The molecule has 0 radical (unpaired) electrons. The normalized spacial score (nSPS) is 22.0. The fourth-order valence-corrected chi connectivity index (χ4v) is 4.40. The SMILES string of the molecule is Cc1cc(N2CCCC2=O)ccc1S(=O)(=O)NC[C@@H]1CCCO1. The lowest BCUT2D eigenvalue weighted by molar-refractivity contribution is -0.117. The number of benzene rings is 1. The average molecular weight is 338 g/mol. The summed E-state index contributed by atoms with van der Waals surface area (Å²) in [6.45, 7) is 3.45. The Kier molecular flexibility index (Phi) is 4.70. The monoisotopic (exact) mass is 338 g/mol. The zero-order chi connectivity index (χ0) is 16.4. The summed E-state index contributed by atoms with van der Waals surface area (Å²) in [6.07, 6.45) is 3.23. The minimum Gasteiger partial charge on any atom is -0.377 e. The van der Waals surface area contributed by atoms with Crippen molar-refractivity contribution in [1.29, 1.82) is 0 Å². The van der Waals surface area contributed by atoms with Gasteiger partial charge in [-0.05, 0) is 49.9 Å². The van der Waals surface area contributed by atoms with Gasteiger partial charge >= 0.3 is 0 Å². The maximum atomic E-state index is 12.5. The highest BCUT2D eigenvalue weighted by Gasteiger charge is 2.25. The molecule has 0 unspecified atom stereocenters. The van der Waals surface area contributed by atoms with Crippen LogP contribution in [0.2, 0.25) is 0 Å². The molecule has 0 aliphatic carbocycles. The van der Waals surface area contributed by atoms with E-state index >= 15 is 0 Å². The van der Waals surface area contributed by atoms with Gasteiger partial charge in [0.15, 0.2) is 0 Å². The summed E-state index contributed by atoms with van der Waals surface area (Å²) in [5.41, 5.74) is 1.41. The molecule has 1 aromatic rings. The van der Waals surface area contributed by atoms with Crippen LogP contribution >= 0.6 is 0 Å². The minimum absolute atomic E-state index is 0.0356. The molecule has 0 spiro atoms. The molecule has 2 fully saturated rings. The number of aryl methyl sites for hydroxylation is 1. The Bertz CT molecular complexity index is 696. The standard InChI is InChI=1S/C16H22N2O4S/c1-12-10-13(18-8-2-5-16(18)19)6-7-15(12)23(20,21)17-11-14-4-3-9-22-14/h6-7,10,14,17H,2-5,8-9,11H2,1H3/t14-/m0/s1. The van der Waals surface area contributed by atoms with E-state index in [-0.39, 0.29) is 16.9 Å². The molecule has 0 aromatic heterocycles. The van der Waals surface area contributed by atoms with Crippen LogP contribution in [0.1, 0.15) is 31.2 Å². The van der Waals surface area contributed by atoms with E-state index in [1.807, 2.05) is 0 Å². The molecule has 1 aromatic carbocycles. The molecule has 0 bridgehead atoms. The van der Waals surface area contributed by atoms with E-state index < -0.39 is 10.0 Å². The smallest absolute Gasteiger partial charge is 0.240 e. The van der Waals surface area contributed by atoms with E-state index in [4.69, 9.17) is 4.74 Å². The topological polar surface area (TPSA) is 75.7 Å². The van der Waals surface area contributed by atoms with Crippen LogP contribution in [0.4, 0.5) is 5.69 Å². The fourth-order valence-electron chi connectivity index (χ4n) is 3.11. The van der Waals surface area contributed by atoms with Crippen LogP contribution in [0.3, 0.4) is 0 Å². The highest BCUT2D eigenvalue weighted by molar-refractivity contribution is 7.89. The first-order valence-electron chi connectivity index (χ1n) is 8.00. The zero-order valence-corrected chi connectivity index (χ0v) is 14.1. The molecule has 2 aliphatic rings. The Morgan fingerprint density at radius 1 is 1.35 bits per heavy atom. The predicted molar refractivity (Wildman–Crippen MR) is 86.9 cm³/mol. The van der Waals surface area contributed by atoms with Crippen LogP contribution in [0.25, 0.3) is 0 Å². The van der Waals surface area contributed by atoms with Crippen LogP contribution in [-0.2, 0) is 19.6 Å². The van der Waals surface area contributed by atoms with Crippen molar-refractivity contribution in [1.82, 2.24) is 4.72 Å². The van der Waals surface area contributed by atoms with Crippen molar-refractivity contribution in [3.8, 4) is 0 Å². The Labute approximate surface area is 136 Å². The molecular weight excluding hydrogens is 316 g/mol. The van der Waals surface area contributed by atoms with Crippen molar-refractivity contribution in [2.45, 2.75) is 43.6 Å². The van der Waals surface area contributed by atoms with E-state index in [1.54, 1.807) is 30.0 Å². The number of hydrogen-bond acceptors (Lipinski definition) is 4. The molecule has 2 heterocycles. The number of anilines is 1. The lowest BCUT2D eigenvalue weighted by Crippen LogP contribution is -2.32. The molecule has 2 aliphatic heterocycles. The van der Waals surface area contributed by atoms with Crippen LogP contribution in [0.15, 0.2) is 23.1 Å². The Morgan fingerprint density at radius 3 is 2.78 bits per heavy atom. The first-order chi connectivity index (χ1) is 11.0. The summed E-state index contributed by atoms with van der Waals surface area (Å²) < 4.78 is 33.0. The second kappa shape index (κ2) is 6.59. The van der Waals surface area contributed by atoms with Crippen LogP contribution < -0.4 is 9.62 Å². The van der Waals surface area contributed by atoms with Gasteiger partial charge in [-0.2, -0.15) is 0 Å². The van der Waals surface area contributed by atoms with Crippen molar-refractivity contribution in [2.24, 2.45) is 0 Å². The van der Waals surface area contributed by atoms with Gasteiger partial charge in [0.25, 0.3) is 0 Å². The van der Waals surface area contributed by atoms with E-state index in [2.05, 4.69) is 4.72 Å². The largest absolute Gasteiger partial charge is 0.377 e. The third-order valence-corrected chi connectivity index (χ3v) is 5.94. The van der Waals surface area contributed by atoms with E-state index in [9.17, 15) is 13.2 Å². The Balaban J connectivity index is 1.75. The third-order valence-electron chi connectivity index (χ3n) is 4.36. The average Bonchev–Trinajstić information content (AvgIpc) is 3.16. The minimum atomic E-state index is -3.57. The highest BCUT2D eigenvalue weighted by Crippen LogP contribution is 2.26. The Morgan fingerprint density at radius 2 is 2.17 bits per heavy atom. The van der Waals surface area contributed by atoms with Gasteiger partial charge in [0.1, 0.15) is 0 Å². The van der Waals surface area contributed by atoms with Crippen molar-refractivity contribution in [3.05, 3.63) is 23.8 Å². The predicted octanol–water partition coefficient (Wildman–Crippen LogP) is 1.58. The van der Waals surface area contributed by atoms with Crippen LogP contribution in [0, 0.1) is 6.92 Å². The molecule has 1 N–H and O–H groups in total. The summed E-state index contributed by atoms with van der Waals surface area (Å²) in [7, 11) is -3.57. The number of nitrogens with one attached hydrogen (secondary N) is 1. The summed E-state index contributed by atoms with van der Waals surface area (Å²) in [5.74, 6) is 0.0940. The number of hydrogen-bond donors (Lipinski definition) is 1. The molecule has 0 saturated carbocycles. The van der Waals surface area contributed by atoms with Crippen molar-refractivity contribution in [2.75, 3.05) is 24.6 Å². The summed E-state index contributed by atoms with van der Waals surface area (Å²) in [5, 5.41) is 0. The highest BCUT2D eigenvalue weighted by atomic mass is 32.2. The van der Waals surface area contributed by atoms with Gasteiger partial charge in [-0.15, -0.1) is 0 Å². The van der Waals surface area contributed by atoms with Gasteiger partial charge in [-0.25, -0.2) is 13.1 Å². The molecule has 3 rings (SSSR count). The van der Waals surface area contributed by atoms with Crippen molar-refractivity contribution in [3.63, 3.8) is 0 Å². The van der Waals surface area contributed by atoms with E-state index in [0.29, 0.717) is 31.7 Å². The van der Waals surface area contributed by atoms with Crippen molar-refractivity contribution >= 4 is 21.6 Å². The maximum Gasteiger partial charge on any atom is 0.240 e. The zero-order valence-electron chi connectivity index (χ0n) is 13.2. The van der Waals surface area contributed by atoms with Gasteiger partial charge in [-0.1, -0.05) is 0 Å². The van der Waals surface area contributed by atoms with Crippen LogP contribution in [-0.4, -0.2) is 40.1 Å². The molecular formula is C16H22N2O4S. The van der Waals surface area contributed by atoms with Gasteiger partial charge in [-0.3, -0.25) is 4.79 Å². The fraction of sp³-hybridized carbons (Fsp3) is 0.562. The second-order valence-corrected chi connectivity index (χ2v) is 7.82. The summed E-state index contributed by atoms with van der Waals surface area (Å²) in [6, 6.07) is 5.05.